The number of benzene rings is 1. The van der Waals surface area contributed by atoms with Gasteiger partial charge in [0, 0.05) is 18.7 Å². The van der Waals surface area contributed by atoms with Crippen LogP contribution >= 0.6 is 0 Å². The van der Waals surface area contributed by atoms with Gasteiger partial charge in [-0.3, -0.25) is 0 Å². The third kappa shape index (κ3) is 2.41. The van der Waals surface area contributed by atoms with E-state index in [4.69, 9.17) is 5.73 Å². The highest BCUT2D eigenvalue weighted by Crippen LogP contribution is 2.22. The molecule has 104 valence electrons. The minimum absolute atomic E-state index is 0.165. The molecule has 2 heterocycles. The summed E-state index contributed by atoms with van der Waals surface area (Å²) in [6, 6.07) is 4.93. The molecule has 0 radical (unpaired) electrons. The van der Waals surface area contributed by atoms with Crippen molar-refractivity contribution >= 4 is 11.9 Å². The third-order valence-corrected chi connectivity index (χ3v) is 3.46. The number of aromatic nitrogens is 3. The van der Waals surface area contributed by atoms with Crippen LogP contribution in [0.5, 0.6) is 0 Å². The van der Waals surface area contributed by atoms with Crippen molar-refractivity contribution in [3.8, 4) is 11.4 Å². The summed E-state index contributed by atoms with van der Waals surface area (Å²) in [6.07, 6.45) is 2.25. The van der Waals surface area contributed by atoms with Crippen molar-refractivity contribution in [1.82, 2.24) is 15.0 Å². The molecule has 0 amide bonds. The van der Waals surface area contributed by atoms with Gasteiger partial charge in [0.25, 0.3) is 0 Å². The van der Waals surface area contributed by atoms with Gasteiger partial charge in [0.15, 0.2) is 5.82 Å². The zero-order valence-electron chi connectivity index (χ0n) is 11.3. The second-order valence-electron chi connectivity index (χ2n) is 4.98. The van der Waals surface area contributed by atoms with E-state index in [0.29, 0.717) is 22.9 Å². The summed E-state index contributed by atoms with van der Waals surface area (Å²) in [6.45, 7) is 3.56. The number of halogens is 1. The topological polar surface area (TPSA) is 67.9 Å². The van der Waals surface area contributed by atoms with Gasteiger partial charge in [0.05, 0.1) is 0 Å². The molecule has 3 rings (SSSR count). The standard InChI is InChI=1S/C14H16FN5/c1-9-4-5-10(8-11(9)15)12-17-13(16)19-14(18-12)20-6-2-3-7-20/h4-5,8H,2-3,6-7H2,1H3,(H2,16,17,18,19). The Labute approximate surface area is 116 Å². The maximum atomic E-state index is 13.7. The van der Waals surface area contributed by atoms with E-state index >= 15 is 0 Å². The van der Waals surface area contributed by atoms with Crippen molar-refractivity contribution < 1.29 is 4.39 Å². The summed E-state index contributed by atoms with van der Waals surface area (Å²) in [5.74, 6) is 0.881. The molecule has 0 saturated carbocycles. The van der Waals surface area contributed by atoms with Crippen molar-refractivity contribution in [3.05, 3.63) is 29.6 Å². The monoisotopic (exact) mass is 273 g/mol. The molecule has 5 nitrogen and oxygen atoms in total. The summed E-state index contributed by atoms with van der Waals surface area (Å²) in [4.78, 5) is 14.8. The van der Waals surface area contributed by atoms with Crippen molar-refractivity contribution in [1.29, 1.82) is 0 Å². The van der Waals surface area contributed by atoms with E-state index in [1.54, 1.807) is 19.1 Å². The lowest BCUT2D eigenvalue weighted by Crippen LogP contribution is -2.21. The summed E-state index contributed by atoms with van der Waals surface area (Å²) >= 11 is 0. The van der Waals surface area contributed by atoms with Gasteiger partial charge < -0.3 is 10.6 Å². The van der Waals surface area contributed by atoms with Crippen LogP contribution in [-0.4, -0.2) is 28.0 Å². The first-order valence-electron chi connectivity index (χ1n) is 6.66. The molecule has 1 aromatic heterocycles. The van der Waals surface area contributed by atoms with E-state index in [9.17, 15) is 4.39 Å². The van der Waals surface area contributed by atoms with Crippen molar-refractivity contribution in [2.45, 2.75) is 19.8 Å². The Bertz CT molecular complexity index is 637. The highest BCUT2D eigenvalue weighted by Gasteiger charge is 2.17. The van der Waals surface area contributed by atoms with Crippen LogP contribution in [0.1, 0.15) is 18.4 Å². The van der Waals surface area contributed by atoms with Crippen molar-refractivity contribution in [2.75, 3.05) is 23.7 Å². The fourth-order valence-corrected chi connectivity index (χ4v) is 2.30. The van der Waals surface area contributed by atoms with Crippen LogP contribution in [0, 0.1) is 12.7 Å². The first-order valence-corrected chi connectivity index (χ1v) is 6.66. The molecule has 0 unspecified atom stereocenters. The molecule has 0 atom stereocenters. The number of anilines is 2. The number of aryl methyl sites for hydroxylation is 1. The van der Waals surface area contributed by atoms with Gasteiger partial charge in [-0.15, -0.1) is 0 Å². The Balaban J connectivity index is 2.02. The van der Waals surface area contributed by atoms with E-state index < -0.39 is 0 Å². The van der Waals surface area contributed by atoms with E-state index in [2.05, 4.69) is 19.9 Å². The zero-order chi connectivity index (χ0) is 14.1. The second-order valence-corrected chi connectivity index (χ2v) is 4.98. The van der Waals surface area contributed by atoms with Crippen LogP contribution < -0.4 is 10.6 Å². The van der Waals surface area contributed by atoms with Gasteiger partial charge in [0.2, 0.25) is 11.9 Å². The van der Waals surface area contributed by atoms with Crippen LogP contribution in [-0.2, 0) is 0 Å². The Morgan fingerprint density at radius 1 is 1.15 bits per heavy atom. The smallest absolute Gasteiger partial charge is 0.230 e. The highest BCUT2D eigenvalue weighted by molar-refractivity contribution is 5.58. The average Bonchev–Trinajstić information content (AvgIpc) is 2.95. The SMILES string of the molecule is Cc1ccc(-c2nc(N)nc(N3CCCC3)n2)cc1F. The minimum atomic E-state index is -0.274. The summed E-state index contributed by atoms with van der Waals surface area (Å²) in [5.41, 5.74) is 6.96. The maximum Gasteiger partial charge on any atom is 0.230 e. The molecule has 6 heteroatoms. The van der Waals surface area contributed by atoms with Gasteiger partial charge in [0.1, 0.15) is 5.82 Å². The van der Waals surface area contributed by atoms with Crippen LogP contribution in [0.3, 0.4) is 0 Å². The highest BCUT2D eigenvalue weighted by atomic mass is 19.1. The molecular weight excluding hydrogens is 257 g/mol. The molecule has 2 aromatic rings. The van der Waals surface area contributed by atoms with E-state index in [1.807, 2.05) is 0 Å². The third-order valence-electron chi connectivity index (χ3n) is 3.46. The van der Waals surface area contributed by atoms with E-state index in [-0.39, 0.29) is 11.8 Å². The predicted octanol–water partition coefficient (Wildman–Crippen LogP) is 2.17. The Hall–Kier alpha value is -2.24. The molecule has 2 N–H and O–H groups in total. The molecule has 1 fully saturated rings. The number of nitrogens with two attached hydrogens (primary N) is 1. The molecule has 1 aliphatic rings. The number of nitrogen functional groups attached to an aromatic ring is 1. The lowest BCUT2D eigenvalue weighted by molar-refractivity contribution is 0.619. The van der Waals surface area contributed by atoms with Crippen LogP contribution in [0.2, 0.25) is 0 Å². The van der Waals surface area contributed by atoms with Crippen LogP contribution in [0.25, 0.3) is 11.4 Å². The minimum Gasteiger partial charge on any atom is -0.368 e. The van der Waals surface area contributed by atoms with Crippen molar-refractivity contribution in [2.24, 2.45) is 0 Å². The molecular formula is C14H16FN5. The van der Waals surface area contributed by atoms with E-state index in [0.717, 1.165) is 25.9 Å². The largest absolute Gasteiger partial charge is 0.368 e. The number of rotatable bonds is 2. The Morgan fingerprint density at radius 2 is 1.90 bits per heavy atom. The zero-order valence-corrected chi connectivity index (χ0v) is 11.3. The second kappa shape index (κ2) is 5.03. The normalized spacial score (nSPS) is 14.8. The summed E-state index contributed by atoms with van der Waals surface area (Å²) < 4.78 is 13.7. The first kappa shape index (κ1) is 12.8. The quantitative estimate of drug-likeness (QED) is 0.908. The molecule has 0 bridgehead atoms. The fourth-order valence-electron chi connectivity index (χ4n) is 2.30. The van der Waals surface area contributed by atoms with Gasteiger partial charge in [-0.05, 0) is 31.4 Å². The van der Waals surface area contributed by atoms with Gasteiger partial charge in [-0.1, -0.05) is 12.1 Å². The van der Waals surface area contributed by atoms with Gasteiger partial charge in [-0.25, -0.2) is 4.39 Å². The maximum absolute atomic E-state index is 13.7. The number of hydrogen-bond donors (Lipinski definition) is 1. The lowest BCUT2D eigenvalue weighted by atomic mass is 10.1. The van der Waals surface area contributed by atoms with Crippen molar-refractivity contribution in [3.63, 3.8) is 0 Å². The average molecular weight is 273 g/mol. The molecule has 0 spiro atoms. The Kier molecular flexibility index (Phi) is 3.22. The van der Waals surface area contributed by atoms with Gasteiger partial charge in [-0.2, -0.15) is 15.0 Å². The molecule has 0 aliphatic carbocycles. The summed E-state index contributed by atoms with van der Waals surface area (Å²) in [5, 5.41) is 0. The number of nitrogens with zero attached hydrogens (tertiary/aromatic N) is 4. The summed E-state index contributed by atoms with van der Waals surface area (Å²) in [7, 11) is 0. The molecule has 1 saturated heterocycles. The van der Waals surface area contributed by atoms with Crippen LogP contribution in [0.4, 0.5) is 16.3 Å². The van der Waals surface area contributed by atoms with Crippen LogP contribution in [0.15, 0.2) is 18.2 Å². The fraction of sp³-hybridized carbons (Fsp3) is 0.357. The molecule has 20 heavy (non-hydrogen) atoms. The first-order chi connectivity index (χ1) is 9.63. The molecule has 1 aliphatic heterocycles. The molecule has 1 aromatic carbocycles. The lowest BCUT2D eigenvalue weighted by Gasteiger charge is -2.15. The number of hydrogen-bond acceptors (Lipinski definition) is 5. The Morgan fingerprint density at radius 3 is 2.60 bits per heavy atom. The predicted molar refractivity (Wildman–Crippen MR) is 75.8 cm³/mol. The van der Waals surface area contributed by atoms with Gasteiger partial charge >= 0.3 is 0 Å². The van der Waals surface area contributed by atoms with E-state index in [1.165, 1.54) is 6.07 Å².